The Hall–Kier alpha value is -6.73. The van der Waals surface area contributed by atoms with E-state index in [0.717, 1.165) is 82.6 Å². The molecule has 6 heteroatoms. The molecule has 0 radical (unpaired) electrons. The van der Waals surface area contributed by atoms with Gasteiger partial charge in [0.1, 0.15) is 27.3 Å². The van der Waals surface area contributed by atoms with Gasteiger partial charge >= 0.3 is 0 Å². The number of hydrogen-bond acceptors (Lipinski definition) is 6. The summed E-state index contributed by atoms with van der Waals surface area (Å²) in [5.41, 5.74) is 11.1. The molecule has 258 valence electrons. The molecule has 0 saturated heterocycles. The molecular weight excluding hydrogens is 713 g/mol. The van der Waals surface area contributed by atoms with Gasteiger partial charge < -0.3 is 13.7 Å². The average Bonchev–Trinajstić information content (AvgIpc) is 4.02. The number of hydrogen-bond donors (Lipinski definition) is 0. The van der Waals surface area contributed by atoms with E-state index in [9.17, 15) is 0 Å². The van der Waals surface area contributed by atoms with E-state index in [1.54, 1.807) is 11.3 Å². The van der Waals surface area contributed by atoms with E-state index in [4.69, 9.17) is 13.8 Å². The molecule has 8 aromatic carbocycles. The molecule has 0 aliphatic heterocycles. The summed E-state index contributed by atoms with van der Waals surface area (Å²) in [5, 5.41) is 8.09. The number of para-hydroxylation sites is 2. The molecule has 4 aromatic heterocycles. The molecule has 0 spiro atoms. The highest BCUT2D eigenvalue weighted by molar-refractivity contribution is 7.28. The number of fused-ring (bicyclic) bond motifs is 11. The second-order valence-corrected chi connectivity index (χ2v) is 16.0. The zero-order valence-corrected chi connectivity index (χ0v) is 30.8. The van der Waals surface area contributed by atoms with Gasteiger partial charge in [-0.2, -0.15) is 0 Å². The summed E-state index contributed by atoms with van der Waals surface area (Å²) in [7, 11) is 0. The number of aromatic nitrogens is 1. The number of thiazole rings is 1. The van der Waals surface area contributed by atoms with Crippen molar-refractivity contribution in [3.63, 3.8) is 0 Å². The maximum absolute atomic E-state index is 6.36. The van der Waals surface area contributed by atoms with Crippen molar-refractivity contribution in [1.82, 2.24) is 4.98 Å². The van der Waals surface area contributed by atoms with Crippen LogP contribution in [-0.2, 0) is 0 Å². The van der Waals surface area contributed by atoms with Crippen molar-refractivity contribution in [1.29, 1.82) is 0 Å². The number of rotatable bonds is 5. The highest BCUT2D eigenvalue weighted by Crippen LogP contribution is 2.45. The molecule has 4 heterocycles. The zero-order valence-electron chi connectivity index (χ0n) is 29.2. The maximum atomic E-state index is 6.36. The third kappa shape index (κ3) is 4.85. The summed E-state index contributed by atoms with van der Waals surface area (Å²) in [6, 6.07) is 60.0. The van der Waals surface area contributed by atoms with Crippen LogP contribution in [0, 0.1) is 0 Å². The minimum Gasteiger partial charge on any atom is -0.456 e. The highest BCUT2D eigenvalue weighted by atomic mass is 32.1. The molecule has 55 heavy (non-hydrogen) atoms. The van der Waals surface area contributed by atoms with Gasteiger partial charge in [0.15, 0.2) is 0 Å². The van der Waals surface area contributed by atoms with Gasteiger partial charge in [-0.3, -0.25) is 0 Å². The van der Waals surface area contributed by atoms with E-state index < -0.39 is 0 Å². The molecule has 0 aliphatic carbocycles. The summed E-state index contributed by atoms with van der Waals surface area (Å²) in [5.74, 6) is 0. The van der Waals surface area contributed by atoms with E-state index in [2.05, 4.69) is 144 Å². The van der Waals surface area contributed by atoms with E-state index in [0.29, 0.717) is 0 Å². The van der Waals surface area contributed by atoms with E-state index >= 15 is 0 Å². The summed E-state index contributed by atoms with van der Waals surface area (Å²) in [6.45, 7) is 0. The lowest BCUT2D eigenvalue weighted by Crippen LogP contribution is -2.09. The second-order valence-electron chi connectivity index (χ2n) is 13.9. The van der Waals surface area contributed by atoms with Gasteiger partial charge in [0.2, 0.25) is 0 Å². The van der Waals surface area contributed by atoms with Gasteiger partial charge in [0.05, 0.1) is 10.2 Å². The average molecular weight is 741 g/mol. The largest absolute Gasteiger partial charge is 0.456 e. The predicted molar refractivity (Wildman–Crippen MR) is 233 cm³/mol. The molecule has 0 atom stereocenters. The van der Waals surface area contributed by atoms with Crippen molar-refractivity contribution in [2.24, 2.45) is 0 Å². The fraction of sp³-hybridized carbons (Fsp3) is 0. The second kappa shape index (κ2) is 11.9. The van der Waals surface area contributed by atoms with Crippen LogP contribution in [0.5, 0.6) is 0 Å². The Morgan fingerprint density at radius 3 is 1.67 bits per heavy atom. The molecule has 0 bridgehead atoms. The third-order valence-corrected chi connectivity index (χ3v) is 13.0. The SMILES string of the molecule is c1ccc(-c2nc3ccc4sc5cc(-c6ccc(N(c7ccc8c(c7)oc7ccccc78)c7ccc8c(c7)oc7ccccc78)cc6)ccc5c4c3s2)cc1. The number of benzene rings is 8. The van der Waals surface area contributed by atoms with Crippen LogP contribution in [0.25, 0.3) is 96.0 Å². The molecular formula is C49H28N2O2S2. The lowest BCUT2D eigenvalue weighted by Gasteiger charge is -2.25. The number of furan rings is 2. The normalized spacial score (nSPS) is 12.0. The number of nitrogens with zero attached hydrogens (tertiary/aromatic N) is 2. The van der Waals surface area contributed by atoms with Crippen LogP contribution in [0.4, 0.5) is 17.1 Å². The molecule has 0 unspecified atom stereocenters. The van der Waals surface area contributed by atoms with Crippen LogP contribution < -0.4 is 4.90 Å². The molecule has 0 fully saturated rings. The Bertz CT molecular complexity index is 3330. The molecule has 0 aliphatic rings. The summed E-state index contributed by atoms with van der Waals surface area (Å²) in [4.78, 5) is 7.29. The zero-order chi connectivity index (χ0) is 36.0. The summed E-state index contributed by atoms with van der Waals surface area (Å²) in [6.07, 6.45) is 0. The van der Waals surface area contributed by atoms with Gasteiger partial charge in [-0.15, -0.1) is 22.7 Å². The molecule has 0 amide bonds. The summed E-state index contributed by atoms with van der Waals surface area (Å²) < 4.78 is 16.5. The first-order valence-corrected chi connectivity index (χ1v) is 19.9. The molecule has 12 aromatic rings. The Morgan fingerprint density at radius 2 is 0.982 bits per heavy atom. The monoisotopic (exact) mass is 740 g/mol. The Kier molecular flexibility index (Phi) is 6.64. The Labute approximate surface area is 322 Å². The highest BCUT2D eigenvalue weighted by Gasteiger charge is 2.19. The fourth-order valence-corrected chi connectivity index (χ4v) is 10.4. The molecule has 12 rings (SSSR count). The lowest BCUT2D eigenvalue weighted by molar-refractivity contribution is 0.669. The fourth-order valence-electron chi connectivity index (χ4n) is 8.09. The van der Waals surface area contributed by atoms with Gasteiger partial charge in [0, 0.05) is 76.5 Å². The predicted octanol–water partition coefficient (Wildman–Crippen LogP) is 15.3. The minimum atomic E-state index is 0.855. The van der Waals surface area contributed by atoms with Crippen LogP contribution in [0.15, 0.2) is 179 Å². The van der Waals surface area contributed by atoms with Gasteiger partial charge in [-0.05, 0) is 77.9 Å². The van der Waals surface area contributed by atoms with Crippen LogP contribution in [0.3, 0.4) is 0 Å². The van der Waals surface area contributed by atoms with Crippen molar-refractivity contribution in [3.05, 3.63) is 170 Å². The lowest BCUT2D eigenvalue weighted by atomic mass is 10.0. The third-order valence-electron chi connectivity index (χ3n) is 10.7. The van der Waals surface area contributed by atoms with Gasteiger partial charge in [-0.1, -0.05) is 91.0 Å². The smallest absolute Gasteiger partial charge is 0.137 e. The van der Waals surface area contributed by atoms with Crippen molar-refractivity contribution < 1.29 is 8.83 Å². The summed E-state index contributed by atoms with van der Waals surface area (Å²) >= 11 is 3.63. The number of anilines is 3. The van der Waals surface area contributed by atoms with E-state index in [1.165, 1.54) is 30.4 Å². The first-order valence-electron chi connectivity index (χ1n) is 18.3. The van der Waals surface area contributed by atoms with Crippen molar-refractivity contribution in [3.8, 4) is 21.7 Å². The van der Waals surface area contributed by atoms with Gasteiger partial charge in [0.25, 0.3) is 0 Å². The van der Waals surface area contributed by atoms with Gasteiger partial charge in [-0.25, -0.2) is 4.98 Å². The number of thiophene rings is 1. The standard InChI is InChI=1S/C49H28N2O2S2/c1-2-8-30(9-3-1)49-50-40-24-25-45-47(48(40)55-49)39-21-16-31(26-46(39)54-45)29-14-17-32(18-15-29)51(33-19-22-37-35-10-4-6-12-41(35)52-43(37)27-33)34-20-23-38-36-11-5-7-13-42(36)53-44(38)28-34/h1-28H. The van der Waals surface area contributed by atoms with Crippen molar-refractivity contribution >= 4 is 114 Å². The van der Waals surface area contributed by atoms with Crippen molar-refractivity contribution in [2.45, 2.75) is 0 Å². The first kappa shape index (κ1) is 30.7. The molecule has 0 N–H and O–H groups in total. The van der Waals surface area contributed by atoms with Crippen LogP contribution in [0.2, 0.25) is 0 Å². The quantitative estimate of drug-likeness (QED) is 0.176. The van der Waals surface area contributed by atoms with Crippen LogP contribution in [0.1, 0.15) is 0 Å². The van der Waals surface area contributed by atoms with Crippen LogP contribution >= 0.6 is 22.7 Å². The topological polar surface area (TPSA) is 42.4 Å². The minimum absolute atomic E-state index is 0.855. The van der Waals surface area contributed by atoms with E-state index in [1.807, 2.05) is 41.7 Å². The van der Waals surface area contributed by atoms with Crippen molar-refractivity contribution in [2.75, 3.05) is 4.90 Å². The molecule has 4 nitrogen and oxygen atoms in total. The first-order chi connectivity index (χ1) is 27.2. The van der Waals surface area contributed by atoms with Crippen LogP contribution in [-0.4, -0.2) is 4.98 Å². The Balaban J connectivity index is 0.956. The Morgan fingerprint density at radius 1 is 0.400 bits per heavy atom. The maximum Gasteiger partial charge on any atom is 0.137 e. The molecule has 0 saturated carbocycles. The van der Waals surface area contributed by atoms with E-state index in [-0.39, 0.29) is 0 Å².